The fourth-order valence-electron chi connectivity index (χ4n) is 2.37. The molecule has 18 heavy (non-hydrogen) atoms. The Kier molecular flexibility index (Phi) is 2.74. The Bertz CT molecular complexity index is 631. The van der Waals surface area contributed by atoms with Crippen LogP contribution in [0.3, 0.4) is 0 Å². The van der Waals surface area contributed by atoms with Gasteiger partial charge in [-0.05, 0) is 32.8 Å². The highest BCUT2D eigenvalue weighted by Crippen LogP contribution is 2.29. The minimum Gasteiger partial charge on any atom is -0.294 e. The fourth-order valence-corrected chi connectivity index (χ4v) is 3.29. The van der Waals surface area contributed by atoms with Crippen LogP contribution < -0.4 is 0 Å². The Labute approximate surface area is 110 Å². The molecule has 0 N–H and O–H groups in total. The lowest BCUT2D eigenvalue weighted by molar-refractivity contribution is 0.0971. The van der Waals surface area contributed by atoms with Gasteiger partial charge in [0, 0.05) is 27.9 Å². The van der Waals surface area contributed by atoms with E-state index < -0.39 is 0 Å². The van der Waals surface area contributed by atoms with Gasteiger partial charge in [0.1, 0.15) is 0 Å². The maximum atomic E-state index is 11.7. The highest BCUT2D eigenvalue weighted by molar-refractivity contribution is 7.12. The number of hydrogen-bond donors (Lipinski definition) is 0. The van der Waals surface area contributed by atoms with E-state index in [1.54, 1.807) is 17.5 Å². The zero-order chi connectivity index (χ0) is 12.7. The lowest BCUT2D eigenvalue weighted by Crippen LogP contribution is -2.13. The molecule has 0 aliphatic heterocycles. The van der Waals surface area contributed by atoms with Gasteiger partial charge in [-0.3, -0.25) is 4.79 Å². The number of carbonyl (C=O) groups is 1. The lowest BCUT2D eigenvalue weighted by atomic mass is 9.96. The molecule has 2 heterocycles. The largest absolute Gasteiger partial charge is 0.294 e. The van der Waals surface area contributed by atoms with Crippen molar-refractivity contribution in [2.24, 2.45) is 0 Å². The zero-order valence-electron chi connectivity index (χ0n) is 10.5. The predicted octanol–water partition coefficient (Wildman–Crippen LogP) is 3.34. The van der Waals surface area contributed by atoms with Gasteiger partial charge >= 0.3 is 0 Å². The molecule has 0 spiro atoms. The van der Waals surface area contributed by atoms with Crippen LogP contribution in [0, 0.1) is 13.8 Å². The van der Waals surface area contributed by atoms with Crippen molar-refractivity contribution in [2.75, 3.05) is 0 Å². The first-order chi connectivity index (χ1) is 8.65. The summed E-state index contributed by atoms with van der Waals surface area (Å²) in [4.78, 5) is 23.2. The van der Waals surface area contributed by atoms with Crippen molar-refractivity contribution in [3.05, 3.63) is 33.3 Å². The molecule has 3 rings (SSSR count). The molecule has 0 saturated heterocycles. The van der Waals surface area contributed by atoms with Crippen LogP contribution in [0.2, 0.25) is 0 Å². The van der Waals surface area contributed by atoms with Crippen molar-refractivity contribution in [3.63, 3.8) is 0 Å². The van der Waals surface area contributed by atoms with E-state index in [-0.39, 0.29) is 5.78 Å². The van der Waals surface area contributed by atoms with Crippen molar-refractivity contribution < 1.29 is 4.79 Å². The van der Waals surface area contributed by atoms with Crippen molar-refractivity contribution in [2.45, 2.75) is 33.1 Å². The zero-order valence-corrected chi connectivity index (χ0v) is 11.3. The van der Waals surface area contributed by atoms with Gasteiger partial charge in [0.2, 0.25) is 0 Å². The number of rotatable bonds is 1. The van der Waals surface area contributed by atoms with Gasteiger partial charge in [-0.2, -0.15) is 0 Å². The summed E-state index contributed by atoms with van der Waals surface area (Å²) in [6.07, 6.45) is 4.13. The monoisotopic (exact) mass is 258 g/mol. The maximum absolute atomic E-state index is 11.7. The topological polar surface area (TPSA) is 42.9 Å². The van der Waals surface area contributed by atoms with E-state index in [1.165, 1.54) is 9.75 Å². The number of aromatic nitrogens is 2. The summed E-state index contributed by atoms with van der Waals surface area (Å²) < 4.78 is 0. The van der Waals surface area contributed by atoms with E-state index in [0.717, 1.165) is 35.5 Å². The van der Waals surface area contributed by atoms with Gasteiger partial charge in [-0.25, -0.2) is 9.97 Å². The molecule has 0 radical (unpaired) electrons. The van der Waals surface area contributed by atoms with Gasteiger partial charge in [0.05, 0.1) is 11.3 Å². The lowest BCUT2D eigenvalue weighted by Gasteiger charge is -2.13. The maximum Gasteiger partial charge on any atom is 0.166 e. The van der Waals surface area contributed by atoms with Gasteiger partial charge in [-0.1, -0.05) is 0 Å². The predicted molar refractivity (Wildman–Crippen MR) is 72.1 cm³/mol. The fraction of sp³-hybridized carbons (Fsp3) is 0.357. The van der Waals surface area contributed by atoms with Crippen LogP contribution in [-0.2, 0) is 6.42 Å². The van der Waals surface area contributed by atoms with Gasteiger partial charge in [0.15, 0.2) is 11.6 Å². The molecule has 0 unspecified atom stereocenters. The van der Waals surface area contributed by atoms with Gasteiger partial charge < -0.3 is 0 Å². The van der Waals surface area contributed by atoms with E-state index in [0.29, 0.717) is 6.42 Å². The molecule has 1 aliphatic carbocycles. The summed E-state index contributed by atoms with van der Waals surface area (Å²) in [5.41, 5.74) is 2.73. The van der Waals surface area contributed by atoms with Crippen LogP contribution in [0.25, 0.3) is 11.4 Å². The minimum atomic E-state index is 0.182. The molecule has 92 valence electrons. The molecule has 4 heteroatoms. The molecule has 0 atom stereocenters. The average Bonchev–Trinajstić information content (AvgIpc) is 2.68. The molecule has 0 aromatic carbocycles. The first kappa shape index (κ1) is 11.5. The number of Topliss-reactive ketones (excluding diaryl/α,β-unsaturated/α-hetero) is 1. The van der Waals surface area contributed by atoms with Crippen molar-refractivity contribution in [3.8, 4) is 11.4 Å². The number of thiophene rings is 1. The molecular weight excluding hydrogens is 244 g/mol. The number of nitrogens with zero attached hydrogens (tertiary/aromatic N) is 2. The Morgan fingerprint density at radius 3 is 2.78 bits per heavy atom. The quantitative estimate of drug-likeness (QED) is 0.788. The summed E-state index contributed by atoms with van der Waals surface area (Å²) in [6, 6.07) is 2.12. The number of carbonyl (C=O) groups excluding carboxylic acids is 1. The third kappa shape index (κ3) is 1.86. The SMILES string of the molecule is Cc1cc(-c2ncc3c(n2)CCCC3=O)c(C)s1. The van der Waals surface area contributed by atoms with E-state index in [4.69, 9.17) is 0 Å². The van der Waals surface area contributed by atoms with Crippen LogP contribution in [0.5, 0.6) is 0 Å². The summed E-state index contributed by atoms with van der Waals surface area (Å²) in [7, 11) is 0. The summed E-state index contributed by atoms with van der Waals surface area (Å²) in [6.45, 7) is 4.17. The minimum absolute atomic E-state index is 0.182. The van der Waals surface area contributed by atoms with Crippen molar-refractivity contribution >= 4 is 17.1 Å². The molecule has 2 aromatic heterocycles. The van der Waals surface area contributed by atoms with E-state index in [1.807, 2.05) is 0 Å². The molecule has 0 amide bonds. The smallest absolute Gasteiger partial charge is 0.166 e. The highest BCUT2D eigenvalue weighted by Gasteiger charge is 2.20. The van der Waals surface area contributed by atoms with Gasteiger partial charge in [0.25, 0.3) is 0 Å². The van der Waals surface area contributed by atoms with Crippen molar-refractivity contribution in [1.82, 2.24) is 9.97 Å². The standard InChI is InChI=1S/C14H14N2OS/c1-8-6-10(9(2)18-8)14-15-7-11-12(16-14)4-3-5-13(11)17/h6-7H,3-5H2,1-2H3. The molecule has 2 aromatic rings. The Balaban J connectivity index is 2.10. The van der Waals surface area contributed by atoms with Crippen LogP contribution in [-0.4, -0.2) is 15.8 Å². The van der Waals surface area contributed by atoms with Gasteiger partial charge in [-0.15, -0.1) is 11.3 Å². The molecule has 0 saturated carbocycles. The summed E-state index contributed by atoms with van der Waals surface area (Å²) >= 11 is 1.76. The van der Waals surface area contributed by atoms with E-state index >= 15 is 0 Å². The Hall–Kier alpha value is -1.55. The summed E-state index contributed by atoms with van der Waals surface area (Å²) in [5, 5.41) is 0. The third-order valence-electron chi connectivity index (χ3n) is 3.27. The van der Waals surface area contributed by atoms with Crippen LogP contribution in [0.1, 0.15) is 38.6 Å². The number of hydrogen-bond acceptors (Lipinski definition) is 4. The number of aryl methyl sites for hydroxylation is 3. The Morgan fingerprint density at radius 2 is 2.06 bits per heavy atom. The second kappa shape index (κ2) is 4.28. The molecule has 3 nitrogen and oxygen atoms in total. The molecule has 0 fully saturated rings. The second-order valence-corrected chi connectivity index (χ2v) is 6.12. The van der Waals surface area contributed by atoms with E-state index in [2.05, 4.69) is 29.9 Å². The highest BCUT2D eigenvalue weighted by atomic mass is 32.1. The van der Waals surface area contributed by atoms with E-state index in [9.17, 15) is 4.79 Å². The molecular formula is C14H14N2OS. The molecule has 0 bridgehead atoms. The van der Waals surface area contributed by atoms with Crippen LogP contribution in [0.4, 0.5) is 0 Å². The summed E-state index contributed by atoms with van der Waals surface area (Å²) in [5.74, 6) is 0.936. The second-order valence-electron chi connectivity index (χ2n) is 4.66. The Morgan fingerprint density at radius 1 is 1.22 bits per heavy atom. The normalized spacial score (nSPS) is 14.7. The third-order valence-corrected chi connectivity index (χ3v) is 4.23. The first-order valence-electron chi connectivity index (χ1n) is 6.11. The molecule has 1 aliphatic rings. The number of ketones is 1. The number of fused-ring (bicyclic) bond motifs is 1. The van der Waals surface area contributed by atoms with Crippen LogP contribution >= 0.6 is 11.3 Å². The average molecular weight is 258 g/mol. The first-order valence-corrected chi connectivity index (χ1v) is 6.93. The van der Waals surface area contributed by atoms with Crippen LogP contribution in [0.15, 0.2) is 12.3 Å². The van der Waals surface area contributed by atoms with Crippen molar-refractivity contribution in [1.29, 1.82) is 0 Å².